The predicted molar refractivity (Wildman–Crippen MR) is 81.0 cm³/mol. The van der Waals surface area contributed by atoms with E-state index in [1.807, 2.05) is 30.3 Å². The molecule has 2 heteroatoms. The van der Waals surface area contributed by atoms with Gasteiger partial charge in [0.15, 0.2) is 5.78 Å². The highest BCUT2D eigenvalue weighted by Gasteiger charge is 2.00. The van der Waals surface area contributed by atoms with Gasteiger partial charge in [-0.3, -0.25) is 4.79 Å². The fourth-order valence-corrected chi connectivity index (χ4v) is 2.03. The normalized spacial score (nSPS) is 11.0. The molecule has 0 spiro atoms. The second-order valence-electron chi connectivity index (χ2n) is 4.48. The Morgan fingerprint density at radius 2 is 1.78 bits per heavy atom. The van der Waals surface area contributed by atoms with Gasteiger partial charge in [0, 0.05) is 10.0 Å². The molecule has 1 nitrogen and oxygen atoms in total. The van der Waals surface area contributed by atoms with Crippen molar-refractivity contribution >= 4 is 21.7 Å². The summed E-state index contributed by atoms with van der Waals surface area (Å²) in [6.45, 7) is 2.22. The maximum atomic E-state index is 11.8. The fraction of sp³-hybridized carbons (Fsp3) is 0.438. The molecule has 0 aliphatic rings. The van der Waals surface area contributed by atoms with Crippen molar-refractivity contribution in [3.05, 3.63) is 46.5 Å². The summed E-state index contributed by atoms with van der Waals surface area (Å²) >= 11 is 3.36. The zero-order valence-corrected chi connectivity index (χ0v) is 12.6. The maximum Gasteiger partial charge on any atom is 0.185 e. The minimum atomic E-state index is 0.0936. The Morgan fingerprint density at radius 3 is 2.44 bits per heavy atom. The fourth-order valence-electron chi connectivity index (χ4n) is 1.77. The predicted octanol–water partition coefficient (Wildman–Crippen LogP) is 5.55. The van der Waals surface area contributed by atoms with Crippen LogP contribution in [-0.4, -0.2) is 5.78 Å². The van der Waals surface area contributed by atoms with E-state index in [0.717, 1.165) is 16.5 Å². The second-order valence-corrected chi connectivity index (χ2v) is 5.39. The first kappa shape index (κ1) is 15.2. The molecule has 0 saturated carbocycles. The summed E-state index contributed by atoms with van der Waals surface area (Å²) in [4.78, 5) is 11.8. The zero-order chi connectivity index (χ0) is 13.2. The summed E-state index contributed by atoms with van der Waals surface area (Å²) < 4.78 is 0.999. The number of carbonyl (C=O) groups is 1. The monoisotopic (exact) mass is 308 g/mol. The number of halogens is 1. The van der Waals surface area contributed by atoms with Crippen molar-refractivity contribution < 1.29 is 4.79 Å². The van der Waals surface area contributed by atoms with E-state index in [-0.39, 0.29) is 5.78 Å². The smallest absolute Gasteiger partial charge is 0.185 e. The highest BCUT2D eigenvalue weighted by molar-refractivity contribution is 9.10. The number of benzene rings is 1. The van der Waals surface area contributed by atoms with Crippen LogP contribution in [0.5, 0.6) is 0 Å². The number of hydrogen-bond donors (Lipinski definition) is 0. The van der Waals surface area contributed by atoms with Crippen LogP contribution >= 0.6 is 15.9 Å². The van der Waals surface area contributed by atoms with E-state index in [2.05, 4.69) is 22.9 Å². The van der Waals surface area contributed by atoms with Gasteiger partial charge in [0.1, 0.15) is 0 Å². The van der Waals surface area contributed by atoms with Crippen LogP contribution in [0.1, 0.15) is 55.8 Å². The van der Waals surface area contributed by atoms with E-state index in [4.69, 9.17) is 0 Å². The van der Waals surface area contributed by atoms with Crippen molar-refractivity contribution in [3.8, 4) is 0 Å². The summed E-state index contributed by atoms with van der Waals surface area (Å²) in [5.74, 6) is 0.0936. The third-order valence-corrected chi connectivity index (χ3v) is 3.40. The lowest BCUT2D eigenvalue weighted by Crippen LogP contribution is -1.93. The number of allylic oxidation sites excluding steroid dienone is 2. The molecule has 0 unspecified atom stereocenters. The Bertz CT molecular complexity index is 379. The van der Waals surface area contributed by atoms with Crippen LogP contribution in [0, 0.1) is 0 Å². The van der Waals surface area contributed by atoms with Crippen LogP contribution in [0.3, 0.4) is 0 Å². The summed E-state index contributed by atoms with van der Waals surface area (Å²) in [5, 5.41) is 0. The van der Waals surface area contributed by atoms with E-state index >= 15 is 0 Å². The Hall–Kier alpha value is -0.890. The molecule has 0 heterocycles. The van der Waals surface area contributed by atoms with Gasteiger partial charge in [-0.25, -0.2) is 0 Å². The number of rotatable bonds is 8. The van der Waals surface area contributed by atoms with Gasteiger partial charge >= 0.3 is 0 Å². The van der Waals surface area contributed by atoms with E-state index in [9.17, 15) is 4.79 Å². The van der Waals surface area contributed by atoms with Gasteiger partial charge < -0.3 is 0 Å². The largest absolute Gasteiger partial charge is 0.289 e. The molecule has 0 N–H and O–H groups in total. The van der Waals surface area contributed by atoms with Crippen LogP contribution in [0.25, 0.3) is 0 Å². The van der Waals surface area contributed by atoms with Gasteiger partial charge in [0.2, 0.25) is 0 Å². The number of hydrogen-bond acceptors (Lipinski definition) is 1. The summed E-state index contributed by atoms with van der Waals surface area (Å²) in [6.07, 6.45) is 11.1. The number of ketones is 1. The summed E-state index contributed by atoms with van der Waals surface area (Å²) in [7, 11) is 0. The van der Waals surface area contributed by atoms with Crippen molar-refractivity contribution in [1.29, 1.82) is 0 Å². The Kier molecular flexibility index (Phi) is 7.66. The average molecular weight is 309 g/mol. The Labute approximate surface area is 118 Å². The molecule has 0 aliphatic heterocycles. The molecule has 0 bridgehead atoms. The lowest BCUT2D eigenvalue weighted by molar-refractivity contribution is 0.104. The van der Waals surface area contributed by atoms with Crippen molar-refractivity contribution in [2.45, 2.75) is 45.4 Å². The first-order valence-corrected chi connectivity index (χ1v) is 7.49. The molecule has 98 valence electrons. The van der Waals surface area contributed by atoms with Gasteiger partial charge in [-0.1, -0.05) is 54.6 Å². The third-order valence-electron chi connectivity index (χ3n) is 2.87. The quantitative estimate of drug-likeness (QED) is 0.349. The molecule has 0 saturated heterocycles. The van der Waals surface area contributed by atoms with Crippen molar-refractivity contribution in [2.75, 3.05) is 0 Å². The number of unbranched alkanes of at least 4 members (excludes halogenated alkanes) is 5. The van der Waals surface area contributed by atoms with Crippen LogP contribution in [0.4, 0.5) is 0 Å². The van der Waals surface area contributed by atoms with E-state index < -0.39 is 0 Å². The first-order chi connectivity index (χ1) is 8.74. The Morgan fingerprint density at radius 1 is 1.11 bits per heavy atom. The molecule has 0 atom stereocenters. The molecule has 0 aromatic heterocycles. The first-order valence-electron chi connectivity index (χ1n) is 6.70. The van der Waals surface area contributed by atoms with Gasteiger partial charge in [0.05, 0.1) is 0 Å². The molecular formula is C16H21BrO. The average Bonchev–Trinajstić information content (AvgIpc) is 2.38. The minimum absolute atomic E-state index is 0.0936. The van der Waals surface area contributed by atoms with Crippen LogP contribution < -0.4 is 0 Å². The molecule has 0 fully saturated rings. The van der Waals surface area contributed by atoms with Crippen molar-refractivity contribution in [1.82, 2.24) is 0 Å². The Balaban J connectivity index is 2.25. The van der Waals surface area contributed by atoms with Gasteiger partial charge in [-0.05, 0) is 43.2 Å². The van der Waals surface area contributed by atoms with Crippen molar-refractivity contribution in [3.63, 3.8) is 0 Å². The molecule has 1 rings (SSSR count). The molecule has 1 aromatic rings. The lowest BCUT2D eigenvalue weighted by Gasteiger charge is -1.97. The van der Waals surface area contributed by atoms with Gasteiger partial charge in [-0.2, -0.15) is 0 Å². The topological polar surface area (TPSA) is 17.1 Å². The molecule has 0 radical (unpaired) electrons. The molecule has 0 amide bonds. The standard InChI is InChI=1S/C16H21BrO/c1-2-3-4-5-6-7-8-9-16(18)14-10-12-15(17)13-11-14/h8-13H,2-7H2,1H3/b9-8+. The van der Waals surface area contributed by atoms with Gasteiger partial charge in [0.25, 0.3) is 0 Å². The lowest BCUT2D eigenvalue weighted by atomic mass is 10.1. The van der Waals surface area contributed by atoms with Gasteiger partial charge in [-0.15, -0.1) is 0 Å². The van der Waals surface area contributed by atoms with Crippen LogP contribution in [-0.2, 0) is 0 Å². The maximum absolute atomic E-state index is 11.8. The van der Waals surface area contributed by atoms with E-state index in [1.165, 1.54) is 32.1 Å². The molecule has 0 aliphatic carbocycles. The second kappa shape index (κ2) is 9.09. The summed E-state index contributed by atoms with van der Waals surface area (Å²) in [6, 6.07) is 7.48. The molecule has 18 heavy (non-hydrogen) atoms. The molecular weight excluding hydrogens is 288 g/mol. The van der Waals surface area contributed by atoms with E-state index in [0.29, 0.717) is 0 Å². The highest BCUT2D eigenvalue weighted by Crippen LogP contribution is 2.11. The SMILES string of the molecule is CCCCCCC/C=C/C(=O)c1ccc(Br)cc1. The zero-order valence-electron chi connectivity index (χ0n) is 11.0. The number of carbonyl (C=O) groups excluding carboxylic acids is 1. The van der Waals surface area contributed by atoms with Crippen molar-refractivity contribution in [2.24, 2.45) is 0 Å². The summed E-state index contributed by atoms with van der Waals surface area (Å²) in [5.41, 5.74) is 0.750. The highest BCUT2D eigenvalue weighted by atomic mass is 79.9. The minimum Gasteiger partial charge on any atom is -0.289 e. The van der Waals surface area contributed by atoms with Crippen LogP contribution in [0.15, 0.2) is 40.9 Å². The van der Waals surface area contributed by atoms with Crippen LogP contribution in [0.2, 0.25) is 0 Å². The third kappa shape index (κ3) is 6.15. The molecule has 1 aromatic carbocycles. The van der Waals surface area contributed by atoms with E-state index in [1.54, 1.807) is 6.08 Å².